The van der Waals surface area contributed by atoms with Crippen LogP contribution in [0.2, 0.25) is 0 Å². The fourth-order valence-corrected chi connectivity index (χ4v) is 2.53. The van der Waals surface area contributed by atoms with Crippen LogP contribution in [0.1, 0.15) is 17.2 Å². The number of hydrogen-bond acceptors (Lipinski definition) is 2. The molecule has 1 unspecified atom stereocenters. The number of benzene rings is 2. The molecule has 0 fully saturated rings. The minimum Gasteiger partial charge on any atom is -0.320 e. The Morgan fingerprint density at radius 2 is 1.79 bits per heavy atom. The van der Waals surface area contributed by atoms with Crippen molar-refractivity contribution in [2.45, 2.75) is 6.04 Å². The molecule has 0 saturated carbocycles. The number of fused-ring (bicyclic) bond motifs is 1. The fraction of sp³-hybridized carbons (Fsp3) is 0.0625. The molecule has 2 nitrogen and oxygen atoms in total. The summed E-state index contributed by atoms with van der Waals surface area (Å²) in [5.74, 6) is 0. The first-order chi connectivity index (χ1) is 9.25. The zero-order valence-corrected chi connectivity index (χ0v) is 11.8. The molecule has 1 atom stereocenters. The molecule has 0 amide bonds. The molecule has 2 aromatic carbocycles. The second-order valence-electron chi connectivity index (χ2n) is 4.47. The van der Waals surface area contributed by atoms with Gasteiger partial charge in [0, 0.05) is 22.3 Å². The van der Waals surface area contributed by atoms with Crippen LogP contribution in [0.25, 0.3) is 10.8 Å². The van der Waals surface area contributed by atoms with Gasteiger partial charge in [-0.2, -0.15) is 0 Å². The second-order valence-corrected chi connectivity index (χ2v) is 5.39. The van der Waals surface area contributed by atoms with Crippen LogP contribution >= 0.6 is 15.9 Å². The maximum absolute atomic E-state index is 6.40. The quantitative estimate of drug-likeness (QED) is 0.775. The van der Waals surface area contributed by atoms with E-state index in [2.05, 4.69) is 45.2 Å². The summed E-state index contributed by atoms with van der Waals surface area (Å²) in [7, 11) is 0. The van der Waals surface area contributed by atoms with E-state index in [0.29, 0.717) is 0 Å². The maximum Gasteiger partial charge on any atom is 0.0557 e. The number of halogens is 1. The highest BCUT2D eigenvalue weighted by Crippen LogP contribution is 2.27. The largest absolute Gasteiger partial charge is 0.320 e. The molecule has 0 radical (unpaired) electrons. The molecule has 2 N–H and O–H groups in total. The summed E-state index contributed by atoms with van der Waals surface area (Å²) in [4.78, 5) is 4.15. The van der Waals surface area contributed by atoms with Crippen LogP contribution in [0.4, 0.5) is 0 Å². The first-order valence-corrected chi connectivity index (χ1v) is 6.89. The topological polar surface area (TPSA) is 38.9 Å². The standard InChI is InChI=1S/C16H13BrN2/c17-13-6-4-11(5-7-13)16(18)15-3-1-2-12-10-19-9-8-14(12)15/h1-10,16H,18H2. The van der Waals surface area contributed by atoms with Crippen LogP contribution in [-0.2, 0) is 0 Å². The van der Waals surface area contributed by atoms with Gasteiger partial charge in [0.1, 0.15) is 0 Å². The van der Waals surface area contributed by atoms with Crippen molar-refractivity contribution < 1.29 is 0 Å². The van der Waals surface area contributed by atoms with E-state index in [4.69, 9.17) is 5.73 Å². The van der Waals surface area contributed by atoms with E-state index < -0.39 is 0 Å². The molecule has 94 valence electrons. The summed E-state index contributed by atoms with van der Waals surface area (Å²) < 4.78 is 1.06. The van der Waals surface area contributed by atoms with Crippen molar-refractivity contribution in [2.24, 2.45) is 5.73 Å². The molecular weight excluding hydrogens is 300 g/mol. The van der Waals surface area contributed by atoms with Crippen molar-refractivity contribution in [3.05, 3.63) is 76.5 Å². The lowest BCUT2D eigenvalue weighted by atomic mass is 9.95. The van der Waals surface area contributed by atoms with Gasteiger partial charge in [-0.05, 0) is 34.7 Å². The van der Waals surface area contributed by atoms with Gasteiger partial charge in [0.25, 0.3) is 0 Å². The summed E-state index contributed by atoms with van der Waals surface area (Å²) in [5, 5.41) is 2.28. The molecule has 0 aliphatic rings. The number of nitrogens with two attached hydrogens (primary N) is 1. The summed E-state index contributed by atoms with van der Waals surface area (Å²) in [6, 6.07) is 16.2. The Bertz CT molecular complexity index is 702. The number of aromatic nitrogens is 1. The van der Waals surface area contributed by atoms with Crippen LogP contribution in [0.3, 0.4) is 0 Å². The summed E-state index contributed by atoms with van der Waals surface area (Å²) in [6.45, 7) is 0. The van der Waals surface area contributed by atoms with Gasteiger partial charge in [-0.25, -0.2) is 0 Å². The number of nitrogens with zero attached hydrogens (tertiary/aromatic N) is 1. The highest BCUT2D eigenvalue weighted by Gasteiger charge is 2.11. The summed E-state index contributed by atoms with van der Waals surface area (Å²) in [5.41, 5.74) is 8.63. The minimum atomic E-state index is -0.126. The monoisotopic (exact) mass is 312 g/mol. The SMILES string of the molecule is NC(c1ccc(Br)cc1)c1cccc2cnccc12. The lowest BCUT2D eigenvalue weighted by Gasteiger charge is -2.15. The lowest BCUT2D eigenvalue weighted by molar-refractivity contribution is 0.880. The van der Waals surface area contributed by atoms with Crippen LogP contribution in [0, 0.1) is 0 Å². The molecule has 3 heteroatoms. The predicted octanol–water partition coefficient (Wildman–Crippen LogP) is 4.05. The predicted molar refractivity (Wildman–Crippen MR) is 81.9 cm³/mol. The van der Waals surface area contributed by atoms with E-state index in [1.165, 1.54) is 0 Å². The zero-order chi connectivity index (χ0) is 13.2. The highest BCUT2D eigenvalue weighted by molar-refractivity contribution is 9.10. The van der Waals surface area contributed by atoms with Gasteiger partial charge >= 0.3 is 0 Å². The number of pyridine rings is 1. The van der Waals surface area contributed by atoms with E-state index in [0.717, 1.165) is 26.4 Å². The Labute approximate surface area is 120 Å². The molecule has 3 rings (SSSR count). The van der Waals surface area contributed by atoms with Crippen molar-refractivity contribution in [3.8, 4) is 0 Å². The van der Waals surface area contributed by atoms with Crippen LogP contribution in [-0.4, -0.2) is 4.98 Å². The molecule has 3 aromatic rings. The molecule has 0 saturated heterocycles. The fourth-order valence-electron chi connectivity index (χ4n) is 2.27. The molecule has 19 heavy (non-hydrogen) atoms. The third-order valence-electron chi connectivity index (χ3n) is 3.28. The van der Waals surface area contributed by atoms with Crippen molar-refractivity contribution in [1.29, 1.82) is 0 Å². The van der Waals surface area contributed by atoms with Gasteiger partial charge in [-0.3, -0.25) is 4.98 Å². The van der Waals surface area contributed by atoms with Gasteiger partial charge in [-0.1, -0.05) is 46.3 Å². The molecule has 0 bridgehead atoms. The molecule has 0 aliphatic carbocycles. The molecule has 1 aromatic heterocycles. The third-order valence-corrected chi connectivity index (χ3v) is 3.81. The van der Waals surface area contributed by atoms with Crippen molar-refractivity contribution in [3.63, 3.8) is 0 Å². The number of rotatable bonds is 2. The Hall–Kier alpha value is -1.71. The highest BCUT2D eigenvalue weighted by atomic mass is 79.9. The van der Waals surface area contributed by atoms with E-state index in [9.17, 15) is 0 Å². The number of hydrogen-bond donors (Lipinski definition) is 1. The van der Waals surface area contributed by atoms with Gasteiger partial charge in [0.2, 0.25) is 0 Å². The van der Waals surface area contributed by atoms with E-state index in [1.54, 1.807) is 6.20 Å². The normalized spacial score (nSPS) is 12.5. The minimum absolute atomic E-state index is 0.126. The van der Waals surface area contributed by atoms with Gasteiger partial charge in [-0.15, -0.1) is 0 Å². The van der Waals surface area contributed by atoms with Crippen LogP contribution in [0.15, 0.2) is 65.4 Å². The summed E-state index contributed by atoms with van der Waals surface area (Å²) >= 11 is 3.44. The molecule has 0 aliphatic heterocycles. The average molecular weight is 313 g/mol. The maximum atomic E-state index is 6.40. The second kappa shape index (κ2) is 5.11. The van der Waals surface area contributed by atoms with E-state index in [1.807, 2.05) is 30.5 Å². The van der Waals surface area contributed by atoms with E-state index in [-0.39, 0.29) is 6.04 Å². The zero-order valence-electron chi connectivity index (χ0n) is 10.3. The Kier molecular flexibility index (Phi) is 3.32. The average Bonchev–Trinajstić information content (AvgIpc) is 2.47. The first kappa shape index (κ1) is 12.3. The van der Waals surface area contributed by atoms with Gasteiger partial charge in [0.15, 0.2) is 0 Å². The van der Waals surface area contributed by atoms with Crippen LogP contribution in [0.5, 0.6) is 0 Å². The van der Waals surface area contributed by atoms with Crippen molar-refractivity contribution >= 4 is 26.7 Å². The molecule has 0 spiro atoms. The smallest absolute Gasteiger partial charge is 0.0557 e. The summed E-state index contributed by atoms with van der Waals surface area (Å²) in [6.07, 6.45) is 3.67. The van der Waals surface area contributed by atoms with E-state index >= 15 is 0 Å². The third kappa shape index (κ3) is 2.39. The van der Waals surface area contributed by atoms with Gasteiger partial charge < -0.3 is 5.73 Å². The lowest BCUT2D eigenvalue weighted by Crippen LogP contribution is -2.12. The Morgan fingerprint density at radius 1 is 1.00 bits per heavy atom. The molecular formula is C16H13BrN2. The Balaban J connectivity index is 2.11. The Morgan fingerprint density at radius 3 is 2.58 bits per heavy atom. The van der Waals surface area contributed by atoms with Crippen molar-refractivity contribution in [2.75, 3.05) is 0 Å². The van der Waals surface area contributed by atoms with Crippen LogP contribution < -0.4 is 5.73 Å². The van der Waals surface area contributed by atoms with Gasteiger partial charge in [0.05, 0.1) is 6.04 Å². The van der Waals surface area contributed by atoms with Crippen molar-refractivity contribution in [1.82, 2.24) is 4.98 Å². The first-order valence-electron chi connectivity index (χ1n) is 6.09. The molecule has 1 heterocycles.